The summed E-state index contributed by atoms with van der Waals surface area (Å²) in [7, 11) is 3.27. The molecule has 0 unspecified atom stereocenters. The molecule has 2 N–H and O–H groups in total. The predicted octanol–water partition coefficient (Wildman–Crippen LogP) is 1.88. The molecule has 0 bridgehead atoms. The first-order chi connectivity index (χ1) is 16.8. The van der Waals surface area contributed by atoms with Gasteiger partial charge in [0.2, 0.25) is 5.91 Å². The number of fused-ring (bicyclic) bond motifs is 1. The Bertz CT molecular complexity index is 1060. The molecule has 2 amide bonds. The number of nitrogens with zero attached hydrogens (tertiary/aromatic N) is 4. The summed E-state index contributed by atoms with van der Waals surface area (Å²) >= 11 is 0. The van der Waals surface area contributed by atoms with Crippen LogP contribution >= 0.6 is 0 Å². The van der Waals surface area contributed by atoms with Gasteiger partial charge in [-0.3, -0.25) is 14.6 Å². The highest BCUT2D eigenvalue weighted by Crippen LogP contribution is 2.30. The van der Waals surface area contributed by atoms with E-state index >= 15 is 0 Å². The van der Waals surface area contributed by atoms with Crippen LogP contribution in [0.5, 0.6) is 5.75 Å². The quantitative estimate of drug-likeness (QED) is 0.476. The van der Waals surface area contributed by atoms with Crippen LogP contribution in [-0.2, 0) is 22.7 Å². The molecule has 0 radical (unpaired) electrons. The molecule has 0 aromatic heterocycles. The van der Waals surface area contributed by atoms with E-state index in [1.807, 2.05) is 31.0 Å². The average Bonchev–Trinajstić information content (AvgIpc) is 3.29. The summed E-state index contributed by atoms with van der Waals surface area (Å²) in [5.41, 5.74) is 3.33. The molecule has 0 atom stereocenters. The van der Waals surface area contributed by atoms with Crippen molar-refractivity contribution in [2.24, 2.45) is 0 Å². The Balaban J connectivity index is 1.74. The molecule has 9 heteroatoms. The van der Waals surface area contributed by atoms with Gasteiger partial charge in [0, 0.05) is 39.3 Å². The fourth-order valence-electron chi connectivity index (χ4n) is 3.98. The molecule has 1 heterocycles. The number of methoxy groups -OCH3 is 1. The van der Waals surface area contributed by atoms with Crippen molar-refractivity contribution in [1.29, 1.82) is 5.26 Å². The third kappa shape index (κ3) is 6.94. The van der Waals surface area contributed by atoms with Gasteiger partial charge in [-0.25, -0.2) is 5.01 Å². The second kappa shape index (κ2) is 12.2. The number of benzene rings is 2. The summed E-state index contributed by atoms with van der Waals surface area (Å²) in [5.74, 6) is 0.0998. The van der Waals surface area contributed by atoms with Gasteiger partial charge in [0.1, 0.15) is 5.75 Å². The molecule has 186 valence electrons. The first-order valence-corrected chi connectivity index (χ1v) is 11.7. The van der Waals surface area contributed by atoms with E-state index in [2.05, 4.69) is 28.8 Å². The van der Waals surface area contributed by atoms with E-state index in [-0.39, 0.29) is 24.9 Å². The molecule has 0 fully saturated rings. The Kier molecular flexibility index (Phi) is 9.06. The van der Waals surface area contributed by atoms with Gasteiger partial charge in [0.25, 0.3) is 5.91 Å². The summed E-state index contributed by atoms with van der Waals surface area (Å²) in [6.07, 6.45) is 0. The van der Waals surface area contributed by atoms with E-state index in [4.69, 9.17) is 4.74 Å². The summed E-state index contributed by atoms with van der Waals surface area (Å²) in [4.78, 5) is 27.8. The lowest BCUT2D eigenvalue weighted by Gasteiger charge is -2.31. The number of anilines is 1. The van der Waals surface area contributed by atoms with Gasteiger partial charge < -0.3 is 20.3 Å². The van der Waals surface area contributed by atoms with Crippen LogP contribution in [0.15, 0.2) is 42.5 Å². The summed E-state index contributed by atoms with van der Waals surface area (Å²) in [6.45, 7) is 6.40. The van der Waals surface area contributed by atoms with Crippen LogP contribution in [-0.4, -0.2) is 68.2 Å². The first kappa shape index (κ1) is 26.0. The van der Waals surface area contributed by atoms with Crippen molar-refractivity contribution >= 4 is 17.5 Å². The topological polar surface area (TPSA) is 101 Å². The standard InChI is InChI=1S/C26H34N6O3/c1-19(2)28-11-12-29-25(33)17-31(23-13-20(14-27)9-10-24(23)35-4)18-26(34)30(3)32-15-21-7-5-6-8-22(21)16-32/h5-10,13,19,28H,11-12,15-18H2,1-4H3,(H,29,33). The number of carbonyl (C=O) groups excluding carboxylic acids is 2. The number of hydrogen-bond donors (Lipinski definition) is 2. The van der Waals surface area contributed by atoms with Crippen LogP contribution in [0.1, 0.15) is 30.5 Å². The number of hydrazine groups is 1. The summed E-state index contributed by atoms with van der Waals surface area (Å²) < 4.78 is 5.49. The van der Waals surface area contributed by atoms with Crippen LogP contribution in [0.4, 0.5) is 5.69 Å². The Morgan fingerprint density at radius 2 is 1.80 bits per heavy atom. The molecule has 3 rings (SSSR count). The van der Waals surface area contributed by atoms with Crippen molar-refractivity contribution in [2.75, 3.05) is 45.2 Å². The fourth-order valence-corrected chi connectivity index (χ4v) is 3.98. The zero-order valence-electron chi connectivity index (χ0n) is 20.9. The normalized spacial score (nSPS) is 12.7. The maximum atomic E-state index is 13.3. The number of hydrogen-bond acceptors (Lipinski definition) is 7. The highest BCUT2D eigenvalue weighted by Gasteiger charge is 2.27. The monoisotopic (exact) mass is 478 g/mol. The highest BCUT2D eigenvalue weighted by molar-refractivity contribution is 5.87. The number of nitrogens with one attached hydrogen (secondary N) is 2. The van der Waals surface area contributed by atoms with Crippen LogP contribution in [0.3, 0.4) is 0 Å². The van der Waals surface area contributed by atoms with Gasteiger partial charge in [0.05, 0.1) is 37.5 Å². The molecule has 0 saturated carbocycles. The zero-order valence-corrected chi connectivity index (χ0v) is 20.9. The van der Waals surface area contributed by atoms with Gasteiger partial charge in [-0.1, -0.05) is 38.1 Å². The van der Waals surface area contributed by atoms with Gasteiger partial charge in [-0.2, -0.15) is 5.26 Å². The molecule has 0 saturated heterocycles. The van der Waals surface area contributed by atoms with Crippen molar-refractivity contribution in [3.05, 3.63) is 59.2 Å². The summed E-state index contributed by atoms with van der Waals surface area (Å²) in [6, 6.07) is 15.5. The number of ether oxygens (including phenoxy) is 1. The van der Waals surface area contributed by atoms with Gasteiger partial charge in [-0.05, 0) is 29.3 Å². The lowest BCUT2D eigenvalue weighted by molar-refractivity contribution is -0.145. The lowest BCUT2D eigenvalue weighted by atomic mass is 10.1. The van der Waals surface area contributed by atoms with E-state index in [1.165, 1.54) is 18.2 Å². The van der Waals surface area contributed by atoms with E-state index in [0.29, 0.717) is 49.2 Å². The number of nitriles is 1. The molecular formula is C26H34N6O3. The molecule has 2 aromatic rings. The molecule has 1 aliphatic heterocycles. The van der Waals surface area contributed by atoms with Gasteiger partial charge >= 0.3 is 0 Å². The second-order valence-corrected chi connectivity index (χ2v) is 8.82. The van der Waals surface area contributed by atoms with E-state index < -0.39 is 0 Å². The van der Waals surface area contributed by atoms with Crippen LogP contribution in [0, 0.1) is 11.3 Å². The largest absolute Gasteiger partial charge is 0.495 e. The van der Waals surface area contributed by atoms with Crippen molar-refractivity contribution in [3.63, 3.8) is 0 Å². The van der Waals surface area contributed by atoms with Crippen molar-refractivity contribution in [1.82, 2.24) is 20.7 Å². The Morgan fingerprint density at radius 3 is 2.40 bits per heavy atom. The van der Waals surface area contributed by atoms with Crippen LogP contribution < -0.4 is 20.3 Å². The van der Waals surface area contributed by atoms with Gasteiger partial charge in [0.15, 0.2) is 0 Å². The Morgan fingerprint density at radius 1 is 1.11 bits per heavy atom. The fraction of sp³-hybridized carbons (Fsp3) is 0.423. The minimum absolute atomic E-state index is 0.0489. The molecule has 2 aromatic carbocycles. The molecule has 1 aliphatic rings. The minimum atomic E-state index is -0.219. The minimum Gasteiger partial charge on any atom is -0.495 e. The third-order valence-corrected chi connectivity index (χ3v) is 5.92. The maximum absolute atomic E-state index is 13.3. The number of likely N-dealkylation sites (N-methyl/N-ethyl adjacent to an activating group) is 1. The van der Waals surface area contributed by atoms with Crippen molar-refractivity contribution < 1.29 is 14.3 Å². The third-order valence-electron chi connectivity index (χ3n) is 5.92. The molecule has 9 nitrogen and oxygen atoms in total. The van der Waals surface area contributed by atoms with E-state index in [9.17, 15) is 14.9 Å². The Hall–Kier alpha value is -3.61. The van der Waals surface area contributed by atoms with Crippen LogP contribution in [0.25, 0.3) is 0 Å². The van der Waals surface area contributed by atoms with Gasteiger partial charge in [-0.15, -0.1) is 0 Å². The van der Waals surface area contributed by atoms with Crippen molar-refractivity contribution in [3.8, 4) is 11.8 Å². The van der Waals surface area contributed by atoms with Crippen LogP contribution in [0.2, 0.25) is 0 Å². The summed E-state index contributed by atoms with van der Waals surface area (Å²) in [5, 5.41) is 19.1. The van der Waals surface area contributed by atoms with Crippen molar-refractivity contribution in [2.45, 2.75) is 33.0 Å². The highest BCUT2D eigenvalue weighted by atomic mass is 16.5. The number of carbonyl (C=O) groups is 2. The molecule has 35 heavy (non-hydrogen) atoms. The SMILES string of the molecule is COc1ccc(C#N)cc1N(CC(=O)NCCNC(C)C)CC(=O)N(C)N1Cc2ccccc2C1. The first-order valence-electron chi connectivity index (χ1n) is 11.7. The van der Waals surface area contributed by atoms with E-state index in [0.717, 1.165) is 0 Å². The molecule has 0 spiro atoms. The molecular weight excluding hydrogens is 444 g/mol. The lowest BCUT2D eigenvalue weighted by Crippen LogP contribution is -2.48. The maximum Gasteiger partial charge on any atom is 0.256 e. The molecule has 0 aliphatic carbocycles. The number of amides is 2. The smallest absolute Gasteiger partial charge is 0.256 e. The Labute approximate surface area is 207 Å². The van der Waals surface area contributed by atoms with E-state index in [1.54, 1.807) is 35.2 Å². The average molecular weight is 479 g/mol. The second-order valence-electron chi connectivity index (χ2n) is 8.82. The number of rotatable bonds is 11. The zero-order chi connectivity index (χ0) is 25.4. The predicted molar refractivity (Wildman–Crippen MR) is 135 cm³/mol.